The number of hydrogen-bond acceptors (Lipinski definition) is 5. The number of nitrogens with zero attached hydrogens (tertiary/aromatic N) is 2. The SMILES string of the molecule is COc1ccccc1O[C@H](C)C(=O)N1CCN(S(=O)(=O)c2ccccc2)CC1. The zero-order valence-corrected chi connectivity index (χ0v) is 16.8. The summed E-state index contributed by atoms with van der Waals surface area (Å²) < 4.78 is 37.8. The molecule has 0 unspecified atom stereocenters. The summed E-state index contributed by atoms with van der Waals surface area (Å²) in [6.07, 6.45) is -0.700. The van der Waals surface area contributed by atoms with Gasteiger partial charge in [-0.3, -0.25) is 4.79 Å². The topological polar surface area (TPSA) is 76.2 Å². The minimum absolute atomic E-state index is 0.178. The zero-order valence-electron chi connectivity index (χ0n) is 15.9. The average Bonchev–Trinajstić information content (AvgIpc) is 2.74. The largest absolute Gasteiger partial charge is 0.493 e. The van der Waals surface area contributed by atoms with Crippen molar-refractivity contribution in [2.45, 2.75) is 17.9 Å². The normalized spacial score (nSPS) is 16.4. The van der Waals surface area contributed by atoms with Gasteiger partial charge in [-0.25, -0.2) is 8.42 Å². The summed E-state index contributed by atoms with van der Waals surface area (Å²) in [5.74, 6) is 0.875. The molecule has 8 heteroatoms. The van der Waals surface area contributed by atoms with Crippen LogP contribution in [0.2, 0.25) is 0 Å². The van der Waals surface area contributed by atoms with Gasteiger partial charge in [0.25, 0.3) is 5.91 Å². The Balaban J connectivity index is 1.60. The van der Waals surface area contributed by atoms with Gasteiger partial charge in [0, 0.05) is 26.2 Å². The maximum absolute atomic E-state index is 12.7. The van der Waals surface area contributed by atoms with Gasteiger partial charge in [0.05, 0.1) is 12.0 Å². The van der Waals surface area contributed by atoms with Gasteiger partial charge in [0.1, 0.15) is 0 Å². The van der Waals surface area contributed by atoms with E-state index in [1.54, 1.807) is 61.4 Å². The highest BCUT2D eigenvalue weighted by Gasteiger charge is 2.32. The van der Waals surface area contributed by atoms with Crippen LogP contribution < -0.4 is 9.47 Å². The first-order valence-corrected chi connectivity index (χ1v) is 10.5. The van der Waals surface area contributed by atoms with Gasteiger partial charge in [0.15, 0.2) is 17.6 Å². The van der Waals surface area contributed by atoms with E-state index in [2.05, 4.69) is 0 Å². The number of carbonyl (C=O) groups is 1. The maximum atomic E-state index is 12.7. The van der Waals surface area contributed by atoms with Gasteiger partial charge in [0.2, 0.25) is 10.0 Å². The Kier molecular flexibility index (Phi) is 6.21. The van der Waals surface area contributed by atoms with Gasteiger partial charge >= 0.3 is 0 Å². The summed E-state index contributed by atoms with van der Waals surface area (Å²) in [7, 11) is -2.00. The minimum atomic E-state index is -3.54. The maximum Gasteiger partial charge on any atom is 0.263 e. The Hall–Kier alpha value is -2.58. The number of carbonyl (C=O) groups excluding carboxylic acids is 1. The van der Waals surface area contributed by atoms with Crippen LogP contribution in [0.1, 0.15) is 6.92 Å². The summed E-state index contributed by atoms with van der Waals surface area (Å²) >= 11 is 0. The third-order valence-corrected chi connectivity index (χ3v) is 6.56. The van der Waals surface area contributed by atoms with Crippen molar-refractivity contribution in [2.75, 3.05) is 33.3 Å². The number of hydrogen-bond donors (Lipinski definition) is 0. The lowest BCUT2D eigenvalue weighted by atomic mass is 10.2. The first-order valence-electron chi connectivity index (χ1n) is 9.07. The number of sulfonamides is 1. The second kappa shape index (κ2) is 8.62. The summed E-state index contributed by atoms with van der Waals surface area (Å²) in [5.41, 5.74) is 0. The molecule has 0 aromatic heterocycles. The van der Waals surface area contributed by atoms with Crippen LogP contribution in [0.15, 0.2) is 59.5 Å². The molecule has 2 aromatic carbocycles. The van der Waals surface area contributed by atoms with Gasteiger partial charge in [-0.2, -0.15) is 4.31 Å². The fourth-order valence-electron chi connectivity index (χ4n) is 3.10. The van der Waals surface area contributed by atoms with E-state index < -0.39 is 16.1 Å². The highest BCUT2D eigenvalue weighted by atomic mass is 32.2. The number of amides is 1. The molecule has 3 rings (SSSR count). The van der Waals surface area contributed by atoms with Crippen LogP contribution in [0.25, 0.3) is 0 Å². The lowest BCUT2D eigenvalue weighted by Crippen LogP contribution is -2.53. The second-order valence-electron chi connectivity index (χ2n) is 6.45. The van der Waals surface area contributed by atoms with Crippen molar-refractivity contribution >= 4 is 15.9 Å². The predicted molar refractivity (Wildman–Crippen MR) is 105 cm³/mol. The molecule has 0 N–H and O–H groups in total. The van der Waals surface area contributed by atoms with E-state index in [0.717, 1.165) is 0 Å². The molecule has 28 heavy (non-hydrogen) atoms. The Bertz CT molecular complexity index is 909. The molecule has 1 aliphatic heterocycles. The van der Waals surface area contributed by atoms with Crippen LogP contribution in [0, 0.1) is 0 Å². The number of benzene rings is 2. The molecule has 0 spiro atoms. The average molecular weight is 404 g/mol. The van der Waals surface area contributed by atoms with Crippen molar-refractivity contribution in [3.63, 3.8) is 0 Å². The molecule has 1 saturated heterocycles. The molecule has 0 radical (unpaired) electrons. The lowest BCUT2D eigenvalue weighted by Gasteiger charge is -2.35. The van der Waals surface area contributed by atoms with Crippen LogP contribution in [0.3, 0.4) is 0 Å². The number of rotatable bonds is 6. The van der Waals surface area contributed by atoms with Gasteiger partial charge in [-0.15, -0.1) is 0 Å². The number of methoxy groups -OCH3 is 1. The smallest absolute Gasteiger partial charge is 0.263 e. The zero-order chi connectivity index (χ0) is 20.1. The fourth-order valence-corrected chi connectivity index (χ4v) is 4.55. The van der Waals surface area contributed by atoms with Crippen LogP contribution in [-0.4, -0.2) is 62.9 Å². The second-order valence-corrected chi connectivity index (χ2v) is 8.39. The van der Waals surface area contributed by atoms with E-state index in [1.807, 2.05) is 12.1 Å². The van der Waals surface area contributed by atoms with Crippen LogP contribution in [0.5, 0.6) is 11.5 Å². The van der Waals surface area contributed by atoms with E-state index in [4.69, 9.17) is 9.47 Å². The molecule has 1 aliphatic rings. The van der Waals surface area contributed by atoms with Crippen LogP contribution in [0.4, 0.5) is 0 Å². The number of ether oxygens (including phenoxy) is 2. The Morgan fingerprint density at radius 3 is 2.11 bits per heavy atom. The van der Waals surface area contributed by atoms with E-state index in [9.17, 15) is 13.2 Å². The summed E-state index contributed by atoms with van der Waals surface area (Å²) in [4.78, 5) is 14.6. The lowest BCUT2D eigenvalue weighted by molar-refractivity contribution is -0.139. The van der Waals surface area contributed by atoms with Crippen molar-refractivity contribution in [3.8, 4) is 11.5 Å². The summed E-state index contributed by atoms with van der Waals surface area (Å²) in [5, 5.41) is 0. The van der Waals surface area contributed by atoms with Gasteiger partial charge < -0.3 is 14.4 Å². The van der Waals surface area contributed by atoms with E-state index >= 15 is 0 Å². The Morgan fingerprint density at radius 1 is 0.929 bits per heavy atom. The molecule has 1 amide bonds. The Morgan fingerprint density at radius 2 is 1.50 bits per heavy atom. The quantitative estimate of drug-likeness (QED) is 0.736. The van der Waals surface area contributed by atoms with E-state index in [0.29, 0.717) is 24.6 Å². The molecule has 2 aromatic rings. The van der Waals surface area contributed by atoms with E-state index in [1.165, 1.54) is 4.31 Å². The van der Waals surface area contributed by atoms with Crippen molar-refractivity contribution in [1.82, 2.24) is 9.21 Å². The monoisotopic (exact) mass is 404 g/mol. The van der Waals surface area contributed by atoms with Crippen molar-refractivity contribution in [1.29, 1.82) is 0 Å². The number of para-hydroxylation sites is 2. The summed E-state index contributed by atoms with van der Waals surface area (Å²) in [6.45, 7) is 2.84. The van der Waals surface area contributed by atoms with Crippen molar-refractivity contribution in [2.24, 2.45) is 0 Å². The molecular weight excluding hydrogens is 380 g/mol. The molecule has 7 nitrogen and oxygen atoms in total. The van der Waals surface area contributed by atoms with Crippen molar-refractivity contribution < 1.29 is 22.7 Å². The minimum Gasteiger partial charge on any atom is -0.493 e. The first-order chi connectivity index (χ1) is 13.4. The third-order valence-electron chi connectivity index (χ3n) is 4.65. The molecule has 0 aliphatic carbocycles. The first kappa shape index (κ1) is 20.2. The molecule has 1 fully saturated rings. The van der Waals surface area contributed by atoms with Crippen LogP contribution >= 0.6 is 0 Å². The highest BCUT2D eigenvalue weighted by molar-refractivity contribution is 7.89. The fraction of sp³-hybridized carbons (Fsp3) is 0.350. The summed E-state index contributed by atoms with van der Waals surface area (Å²) in [6, 6.07) is 15.5. The predicted octanol–water partition coefficient (Wildman–Crippen LogP) is 2.00. The Labute approximate surface area is 165 Å². The number of piperazine rings is 1. The molecule has 0 saturated carbocycles. The third kappa shape index (κ3) is 4.28. The standard InChI is InChI=1S/C20H24N2O5S/c1-16(27-19-11-7-6-10-18(19)26-2)20(23)21-12-14-22(15-13-21)28(24,25)17-8-4-3-5-9-17/h3-11,16H,12-15H2,1-2H3/t16-/m1/s1. The highest BCUT2D eigenvalue weighted by Crippen LogP contribution is 2.27. The van der Waals surface area contributed by atoms with Crippen molar-refractivity contribution in [3.05, 3.63) is 54.6 Å². The molecule has 1 atom stereocenters. The molecule has 1 heterocycles. The van der Waals surface area contributed by atoms with Gasteiger partial charge in [-0.1, -0.05) is 30.3 Å². The molecule has 0 bridgehead atoms. The van der Waals surface area contributed by atoms with E-state index in [-0.39, 0.29) is 23.9 Å². The van der Waals surface area contributed by atoms with Gasteiger partial charge in [-0.05, 0) is 31.2 Å². The molecule has 150 valence electrons. The van der Waals surface area contributed by atoms with Crippen LogP contribution in [-0.2, 0) is 14.8 Å². The molecular formula is C20H24N2O5S.